The molecule has 0 radical (unpaired) electrons. The Hall–Kier alpha value is 0. The van der Waals surface area contributed by atoms with Gasteiger partial charge in [0.25, 0.3) is 0 Å². The number of hydrogen-bond donors (Lipinski definition) is 0. The standard InChI is InChI=1S/C14H22/c1-2-6-11-10(5-1)9-14(11)12-7-3-4-8-13(12)14/h10-13H,1-9H2. The molecule has 0 aliphatic heterocycles. The van der Waals surface area contributed by atoms with E-state index in [9.17, 15) is 0 Å². The minimum atomic E-state index is 0.960. The lowest BCUT2D eigenvalue weighted by Crippen LogP contribution is -2.42. The summed E-state index contributed by atoms with van der Waals surface area (Å²) >= 11 is 0. The van der Waals surface area contributed by atoms with Crippen LogP contribution in [0.4, 0.5) is 0 Å². The highest BCUT2D eigenvalue weighted by Crippen LogP contribution is 2.80. The van der Waals surface area contributed by atoms with E-state index in [4.69, 9.17) is 0 Å². The van der Waals surface area contributed by atoms with Gasteiger partial charge in [0.2, 0.25) is 0 Å². The summed E-state index contributed by atoms with van der Waals surface area (Å²) in [4.78, 5) is 0. The second-order valence-corrected chi connectivity index (χ2v) is 6.46. The molecule has 0 aromatic heterocycles. The van der Waals surface area contributed by atoms with E-state index in [1.54, 1.807) is 57.8 Å². The molecule has 4 fully saturated rings. The van der Waals surface area contributed by atoms with Crippen molar-refractivity contribution in [1.29, 1.82) is 0 Å². The van der Waals surface area contributed by atoms with E-state index >= 15 is 0 Å². The van der Waals surface area contributed by atoms with Crippen LogP contribution in [0.25, 0.3) is 0 Å². The zero-order valence-electron chi connectivity index (χ0n) is 9.17. The maximum absolute atomic E-state index is 1.66. The lowest BCUT2D eigenvalue weighted by atomic mass is 9.54. The summed E-state index contributed by atoms with van der Waals surface area (Å²) in [6.07, 6.45) is 14.3. The Labute approximate surface area is 87.5 Å². The fourth-order valence-electron chi connectivity index (χ4n) is 5.75. The number of rotatable bonds is 0. The van der Waals surface area contributed by atoms with Crippen molar-refractivity contribution in [3.63, 3.8) is 0 Å². The predicted molar refractivity (Wildman–Crippen MR) is 57.9 cm³/mol. The van der Waals surface area contributed by atoms with Crippen LogP contribution in [0.1, 0.15) is 57.8 Å². The molecule has 14 heavy (non-hydrogen) atoms. The van der Waals surface area contributed by atoms with Crippen molar-refractivity contribution < 1.29 is 0 Å². The zero-order chi connectivity index (χ0) is 9.17. The topological polar surface area (TPSA) is 0 Å². The highest BCUT2D eigenvalue weighted by Gasteiger charge is 2.73. The van der Waals surface area contributed by atoms with Crippen LogP contribution in [0.5, 0.6) is 0 Å². The smallest absolute Gasteiger partial charge is 0.0202 e. The Balaban J connectivity index is 1.57. The van der Waals surface area contributed by atoms with E-state index in [0.29, 0.717) is 0 Å². The number of fused-ring (bicyclic) bond motifs is 5. The number of hydrogen-bond acceptors (Lipinski definition) is 0. The quantitative estimate of drug-likeness (QED) is 0.541. The molecule has 4 unspecified atom stereocenters. The molecule has 0 saturated heterocycles. The third-order valence-corrected chi connectivity index (χ3v) is 6.25. The van der Waals surface area contributed by atoms with Crippen molar-refractivity contribution in [3.8, 4) is 0 Å². The lowest BCUT2D eigenvalue weighted by molar-refractivity contribution is -0.0125. The molecule has 0 bridgehead atoms. The summed E-state index contributed by atoms with van der Waals surface area (Å²) in [7, 11) is 0. The van der Waals surface area contributed by atoms with Gasteiger partial charge in [-0.1, -0.05) is 32.1 Å². The van der Waals surface area contributed by atoms with Gasteiger partial charge in [0.05, 0.1) is 0 Å². The van der Waals surface area contributed by atoms with E-state index in [0.717, 1.165) is 5.41 Å². The van der Waals surface area contributed by atoms with Gasteiger partial charge >= 0.3 is 0 Å². The average molecular weight is 190 g/mol. The van der Waals surface area contributed by atoms with E-state index in [2.05, 4.69) is 0 Å². The summed E-state index contributed by atoms with van der Waals surface area (Å²) < 4.78 is 0. The van der Waals surface area contributed by atoms with Gasteiger partial charge in [0.15, 0.2) is 0 Å². The van der Waals surface area contributed by atoms with Crippen molar-refractivity contribution in [3.05, 3.63) is 0 Å². The van der Waals surface area contributed by atoms with E-state index in [1.807, 2.05) is 0 Å². The summed E-state index contributed by atoms with van der Waals surface area (Å²) in [6, 6.07) is 0. The lowest BCUT2D eigenvalue weighted by Gasteiger charge is -2.50. The second kappa shape index (κ2) is 2.57. The second-order valence-electron chi connectivity index (χ2n) is 6.46. The summed E-state index contributed by atoms with van der Waals surface area (Å²) in [5, 5.41) is 0. The molecule has 78 valence electrons. The SMILES string of the molecule is C1CCC2C(C1)CC21C2CCCCC21. The van der Waals surface area contributed by atoms with E-state index in [-0.39, 0.29) is 0 Å². The highest BCUT2D eigenvalue weighted by atomic mass is 14.8. The normalized spacial score (nSPS) is 60.0. The van der Waals surface area contributed by atoms with Crippen molar-refractivity contribution in [2.45, 2.75) is 57.8 Å². The van der Waals surface area contributed by atoms with Crippen LogP contribution in [0, 0.1) is 29.1 Å². The third-order valence-electron chi connectivity index (χ3n) is 6.25. The Morgan fingerprint density at radius 1 is 0.643 bits per heavy atom. The van der Waals surface area contributed by atoms with E-state index < -0.39 is 0 Å². The molecule has 0 heteroatoms. The molecule has 0 nitrogen and oxygen atoms in total. The van der Waals surface area contributed by atoms with Crippen LogP contribution in [0.15, 0.2) is 0 Å². The summed E-state index contributed by atoms with van der Waals surface area (Å²) in [6.45, 7) is 0. The molecule has 0 heterocycles. The van der Waals surface area contributed by atoms with Crippen LogP contribution in [0.2, 0.25) is 0 Å². The van der Waals surface area contributed by atoms with Crippen LogP contribution >= 0.6 is 0 Å². The molecular weight excluding hydrogens is 168 g/mol. The maximum atomic E-state index is 1.66. The van der Waals surface area contributed by atoms with E-state index in [1.165, 1.54) is 23.7 Å². The fraction of sp³-hybridized carbons (Fsp3) is 1.00. The Morgan fingerprint density at radius 3 is 1.86 bits per heavy atom. The molecule has 0 aromatic rings. The summed E-state index contributed by atoms with van der Waals surface area (Å²) in [5.41, 5.74) is 0.960. The first kappa shape index (κ1) is 8.19. The van der Waals surface area contributed by atoms with Gasteiger partial charge in [-0.3, -0.25) is 0 Å². The fourth-order valence-corrected chi connectivity index (χ4v) is 5.75. The van der Waals surface area contributed by atoms with Crippen molar-refractivity contribution in [1.82, 2.24) is 0 Å². The molecule has 0 aromatic carbocycles. The first-order valence-corrected chi connectivity index (χ1v) is 6.93. The van der Waals surface area contributed by atoms with Crippen LogP contribution in [-0.2, 0) is 0 Å². The molecule has 4 atom stereocenters. The van der Waals surface area contributed by atoms with Gasteiger partial charge < -0.3 is 0 Å². The van der Waals surface area contributed by atoms with Gasteiger partial charge in [-0.15, -0.1) is 0 Å². The largest absolute Gasteiger partial charge is 0.0530 e. The van der Waals surface area contributed by atoms with Crippen molar-refractivity contribution >= 4 is 0 Å². The van der Waals surface area contributed by atoms with Crippen LogP contribution in [0.3, 0.4) is 0 Å². The molecule has 0 amide bonds. The van der Waals surface area contributed by atoms with Crippen molar-refractivity contribution in [2.75, 3.05) is 0 Å². The predicted octanol–water partition coefficient (Wildman–Crippen LogP) is 4.00. The maximum Gasteiger partial charge on any atom is -0.0202 e. The Morgan fingerprint density at radius 2 is 1.21 bits per heavy atom. The van der Waals surface area contributed by atoms with Gasteiger partial charge in [0, 0.05) is 0 Å². The summed E-state index contributed by atoms with van der Waals surface area (Å²) in [5.74, 6) is 4.84. The van der Waals surface area contributed by atoms with Crippen LogP contribution in [-0.4, -0.2) is 0 Å². The van der Waals surface area contributed by atoms with Crippen LogP contribution < -0.4 is 0 Å². The van der Waals surface area contributed by atoms with Gasteiger partial charge in [0.1, 0.15) is 0 Å². The molecular formula is C14H22. The first-order valence-electron chi connectivity index (χ1n) is 6.93. The zero-order valence-corrected chi connectivity index (χ0v) is 9.17. The molecule has 1 spiro atoms. The molecule has 4 rings (SSSR count). The average Bonchev–Trinajstić information content (AvgIpc) is 2.88. The molecule has 4 aliphatic carbocycles. The Kier molecular flexibility index (Phi) is 1.50. The molecule has 4 aliphatic rings. The third kappa shape index (κ3) is 0.785. The van der Waals surface area contributed by atoms with Gasteiger partial charge in [-0.05, 0) is 54.8 Å². The minimum Gasteiger partial charge on any atom is -0.0530 e. The minimum absolute atomic E-state index is 0.960. The van der Waals surface area contributed by atoms with Gasteiger partial charge in [-0.25, -0.2) is 0 Å². The van der Waals surface area contributed by atoms with Crippen molar-refractivity contribution in [2.24, 2.45) is 29.1 Å². The first-order chi connectivity index (χ1) is 6.93. The monoisotopic (exact) mass is 190 g/mol. The van der Waals surface area contributed by atoms with Gasteiger partial charge in [-0.2, -0.15) is 0 Å². The highest BCUT2D eigenvalue weighted by molar-refractivity contribution is 5.21. The molecule has 4 saturated carbocycles. The molecule has 0 N–H and O–H groups in total. The Bertz CT molecular complexity index is 243.